The number of amidine groups is 1. The first-order chi connectivity index (χ1) is 11.8. The normalized spacial score (nSPS) is 17.0. The number of rotatable bonds is 3. The molecule has 1 aromatic carbocycles. The average Bonchev–Trinajstić information content (AvgIpc) is 2.88. The summed E-state index contributed by atoms with van der Waals surface area (Å²) in [6.07, 6.45) is -4.02. The van der Waals surface area contributed by atoms with Crippen LogP contribution in [-0.2, 0) is 4.79 Å². The number of thioether (sulfide) groups is 1. The fraction of sp³-hybridized carbons (Fsp3) is 0.133. The van der Waals surface area contributed by atoms with E-state index in [0.717, 1.165) is 23.2 Å². The van der Waals surface area contributed by atoms with Gasteiger partial charge in [-0.2, -0.15) is 13.2 Å². The molecule has 0 atom stereocenters. The van der Waals surface area contributed by atoms with Crippen LogP contribution >= 0.6 is 11.8 Å². The summed E-state index contributed by atoms with van der Waals surface area (Å²) in [5.74, 6) is -0.947. The second-order valence-electron chi connectivity index (χ2n) is 4.89. The minimum Gasteiger partial charge on any atom is -0.497 e. The summed E-state index contributed by atoms with van der Waals surface area (Å²) >= 11 is 0.764. The van der Waals surface area contributed by atoms with Crippen molar-refractivity contribution in [2.75, 3.05) is 7.11 Å². The highest BCUT2D eigenvalue weighted by molar-refractivity contribution is 8.16. The van der Waals surface area contributed by atoms with E-state index in [9.17, 15) is 18.0 Å². The van der Waals surface area contributed by atoms with Gasteiger partial charge in [0.25, 0.3) is 0 Å². The minimum atomic E-state index is -4.79. The summed E-state index contributed by atoms with van der Waals surface area (Å²) in [5.41, 5.74) is -1.35. The number of alkyl halides is 3. The topological polar surface area (TPSA) is 74.5 Å². The fourth-order valence-electron chi connectivity index (χ4n) is 2.20. The molecule has 1 N–H and O–H groups in total. The molecule has 130 valence electrons. The smallest absolute Gasteiger partial charge is 0.431 e. The molecule has 0 aromatic heterocycles. The molecule has 0 saturated carbocycles. The third kappa shape index (κ3) is 3.25. The van der Waals surface area contributed by atoms with E-state index in [1.807, 2.05) is 0 Å². The molecule has 0 radical (unpaired) electrons. The lowest BCUT2D eigenvalue weighted by molar-refractivity contribution is -0.134. The van der Waals surface area contributed by atoms with Crippen molar-refractivity contribution in [1.82, 2.24) is 4.90 Å². The van der Waals surface area contributed by atoms with Crippen molar-refractivity contribution in [2.24, 2.45) is 10.2 Å². The van der Waals surface area contributed by atoms with Crippen molar-refractivity contribution in [3.8, 4) is 5.75 Å². The van der Waals surface area contributed by atoms with Crippen LogP contribution in [0.1, 0.15) is 5.56 Å². The van der Waals surface area contributed by atoms with Gasteiger partial charge in [-0.3, -0.25) is 4.90 Å². The third-order valence-electron chi connectivity index (χ3n) is 3.36. The molecule has 0 unspecified atom stereocenters. The van der Waals surface area contributed by atoms with Gasteiger partial charge in [-0.15, -0.1) is 10.2 Å². The van der Waals surface area contributed by atoms with Crippen molar-refractivity contribution < 1.29 is 27.8 Å². The summed E-state index contributed by atoms with van der Waals surface area (Å²) in [6, 6.07) is 6.24. The molecule has 0 amide bonds. The number of allylic oxidation sites excluding steroid dienone is 2. The van der Waals surface area contributed by atoms with Crippen molar-refractivity contribution in [3.63, 3.8) is 0 Å². The number of carboxylic acid groups (broad SMARTS) is 1. The van der Waals surface area contributed by atoms with E-state index < -0.39 is 23.5 Å². The number of methoxy groups -OCH3 is 1. The number of fused-ring (bicyclic) bond motifs is 1. The first-order valence-electron chi connectivity index (χ1n) is 6.80. The second-order valence-corrected chi connectivity index (χ2v) is 5.72. The molecule has 6 nitrogen and oxygen atoms in total. The zero-order valence-corrected chi connectivity index (χ0v) is 13.4. The Bertz CT molecular complexity index is 842. The highest BCUT2D eigenvalue weighted by atomic mass is 32.2. The summed E-state index contributed by atoms with van der Waals surface area (Å²) in [6.45, 7) is 0. The molecule has 10 heteroatoms. The number of nitrogens with zero attached hydrogens (tertiary/aromatic N) is 3. The number of ether oxygens (including phenoxy) is 1. The maximum Gasteiger partial charge on any atom is 0.431 e. The van der Waals surface area contributed by atoms with E-state index in [1.54, 1.807) is 24.3 Å². The summed E-state index contributed by atoms with van der Waals surface area (Å²) in [5, 5.41) is 17.7. The van der Waals surface area contributed by atoms with E-state index in [1.165, 1.54) is 7.11 Å². The van der Waals surface area contributed by atoms with Crippen LogP contribution in [0.4, 0.5) is 13.2 Å². The Labute approximate surface area is 144 Å². The average molecular weight is 369 g/mol. The van der Waals surface area contributed by atoms with Crippen molar-refractivity contribution in [3.05, 3.63) is 52.7 Å². The summed E-state index contributed by atoms with van der Waals surface area (Å²) < 4.78 is 45.6. The molecule has 0 saturated heterocycles. The molecule has 2 heterocycles. The number of halogens is 3. The van der Waals surface area contributed by atoms with Crippen LogP contribution in [0.25, 0.3) is 0 Å². The molecule has 2 aliphatic heterocycles. The molecule has 1 aromatic rings. The Hall–Kier alpha value is -2.75. The van der Waals surface area contributed by atoms with Gasteiger partial charge in [0.05, 0.1) is 12.8 Å². The standard InChI is InChI=1S/C15H10F3N3O3S/c1-24-9-4-2-8(3-5-9)10-6-12(15(16,17)18)21-11(13(22)23)7-25-14(21)20-19-10/h2-7H,1H3,(H,22,23). The number of carbonyl (C=O) groups is 1. The molecular weight excluding hydrogens is 359 g/mol. The fourth-order valence-corrected chi connectivity index (χ4v) is 3.01. The summed E-state index contributed by atoms with van der Waals surface area (Å²) in [7, 11) is 1.47. The molecule has 25 heavy (non-hydrogen) atoms. The van der Waals surface area contributed by atoms with E-state index in [-0.39, 0.29) is 10.9 Å². The van der Waals surface area contributed by atoms with E-state index >= 15 is 0 Å². The van der Waals surface area contributed by atoms with Gasteiger partial charge in [0.2, 0.25) is 0 Å². The van der Waals surface area contributed by atoms with Crippen LogP contribution in [0.2, 0.25) is 0 Å². The van der Waals surface area contributed by atoms with Crippen molar-refractivity contribution in [2.45, 2.75) is 6.18 Å². The number of hydrogen-bond donors (Lipinski definition) is 1. The zero-order valence-electron chi connectivity index (χ0n) is 12.6. The van der Waals surface area contributed by atoms with Crippen LogP contribution < -0.4 is 4.74 Å². The minimum absolute atomic E-state index is 0.0396. The van der Waals surface area contributed by atoms with Gasteiger partial charge < -0.3 is 9.84 Å². The number of benzene rings is 1. The van der Waals surface area contributed by atoms with Gasteiger partial charge in [-0.1, -0.05) is 11.8 Å². The molecule has 0 spiro atoms. The highest BCUT2D eigenvalue weighted by Crippen LogP contribution is 2.39. The van der Waals surface area contributed by atoms with Crippen LogP contribution in [0.5, 0.6) is 5.75 Å². The Balaban J connectivity index is 2.09. The maximum atomic E-state index is 13.5. The van der Waals surface area contributed by atoms with Crippen molar-refractivity contribution >= 4 is 28.6 Å². The second kappa shape index (κ2) is 6.28. The maximum absolute atomic E-state index is 13.5. The molecular formula is C15H10F3N3O3S. The molecule has 3 rings (SSSR count). The monoisotopic (exact) mass is 369 g/mol. The molecule has 0 aliphatic carbocycles. The zero-order chi connectivity index (χ0) is 18.2. The van der Waals surface area contributed by atoms with Crippen LogP contribution in [0, 0.1) is 0 Å². The number of aliphatic carboxylic acids is 1. The van der Waals surface area contributed by atoms with Gasteiger partial charge in [-0.05, 0) is 30.3 Å². The number of hydrogen-bond acceptors (Lipinski definition) is 6. The van der Waals surface area contributed by atoms with Crippen LogP contribution in [-0.4, -0.2) is 40.1 Å². The molecule has 0 fully saturated rings. The van der Waals surface area contributed by atoms with E-state index in [2.05, 4.69) is 10.2 Å². The lowest BCUT2D eigenvalue weighted by atomic mass is 10.1. The van der Waals surface area contributed by atoms with Gasteiger partial charge >= 0.3 is 12.1 Å². The summed E-state index contributed by atoms with van der Waals surface area (Å²) in [4.78, 5) is 11.8. The number of carboxylic acids is 1. The van der Waals surface area contributed by atoms with Gasteiger partial charge in [-0.25, -0.2) is 4.79 Å². The van der Waals surface area contributed by atoms with Gasteiger partial charge in [0, 0.05) is 11.0 Å². The quantitative estimate of drug-likeness (QED) is 0.886. The Kier molecular flexibility index (Phi) is 4.29. The van der Waals surface area contributed by atoms with Crippen LogP contribution in [0.15, 0.2) is 57.3 Å². The first-order valence-corrected chi connectivity index (χ1v) is 7.68. The SMILES string of the molecule is COc1ccc(C2=NN=C3SC=C(C(=O)O)N3C(C(F)(F)F)=C2)cc1. The Morgan fingerprint density at radius 2 is 1.92 bits per heavy atom. The molecule has 2 aliphatic rings. The largest absolute Gasteiger partial charge is 0.497 e. The first kappa shape index (κ1) is 17.1. The third-order valence-corrected chi connectivity index (χ3v) is 4.18. The molecule has 0 bridgehead atoms. The van der Waals surface area contributed by atoms with Crippen LogP contribution in [0.3, 0.4) is 0 Å². The lowest BCUT2D eigenvalue weighted by Gasteiger charge is -2.23. The lowest BCUT2D eigenvalue weighted by Crippen LogP contribution is -2.34. The van der Waals surface area contributed by atoms with Gasteiger partial charge in [0.15, 0.2) is 5.17 Å². The van der Waals surface area contributed by atoms with E-state index in [0.29, 0.717) is 16.2 Å². The van der Waals surface area contributed by atoms with Gasteiger partial charge in [0.1, 0.15) is 17.1 Å². The predicted molar refractivity (Wildman–Crippen MR) is 86.3 cm³/mol. The Morgan fingerprint density at radius 3 is 2.48 bits per heavy atom. The Morgan fingerprint density at radius 1 is 1.24 bits per heavy atom. The highest BCUT2D eigenvalue weighted by Gasteiger charge is 2.45. The van der Waals surface area contributed by atoms with Crippen molar-refractivity contribution in [1.29, 1.82) is 0 Å². The van der Waals surface area contributed by atoms with E-state index in [4.69, 9.17) is 9.84 Å². The predicted octanol–water partition coefficient (Wildman–Crippen LogP) is 3.19.